The van der Waals surface area contributed by atoms with Gasteiger partial charge in [0.25, 0.3) is 11.6 Å². The Morgan fingerprint density at radius 3 is 2.38 bits per heavy atom. The number of rotatable bonds is 7. The van der Waals surface area contributed by atoms with E-state index in [2.05, 4.69) is 4.99 Å². The van der Waals surface area contributed by atoms with E-state index in [0.717, 1.165) is 37.0 Å². The Balaban J connectivity index is 1.68. The van der Waals surface area contributed by atoms with Gasteiger partial charge in [-0.15, -0.1) is 0 Å². The maximum atomic E-state index is 13.0. The second-order valence-electron chi connectivity index (χ2n) is 8.44. The van der Waals surface area contributed by atoms with E-state index in [-0.39, 0.29) is 34.1 Å². The van der Waals surface area contributed by atoms with Crippen molar-refractivity contribution in [2.45, 2.75) is 44.0 Å². The normalized spacial score (nSPS) is 15.4. The summed E-state index contributed by atoms with van der Waals surface area (Å²) < 4.78 is 34.5. The number of benzene rings is 2. The lowest BCUT2D eigenvalue weighted by atomic mass is 10.2. The van der Waals surface area contributed by atoms with Crippen LogP contribution < -0.4 is 4.80 Å². The van der Waals surface area contributed by atoms with Crippen LogP contribution in [-0.4, -0.2) is 53.8 Å². The van der Waals surface area contributed by atoms with E-state index >= 15 is 0 Å². The average Bonchev–Trinajstić information content (AvgIpc) is 3.03. The van der Waals surface area contributed by atoms with E-state index in [1.54, 1.807) is 6.92 Å². The highest BCUT2D eigenvalue weighted by Crippen LogP contribution is 2.24. The minimum absolute atomic E-state index is 0.109. The molecule has 1 fully saturated rings. The molecule has 37 heavy (non-hydrogen) atoms. The molecule has 1 saturated heterocycles. The molecule has 1 aliphatic rings. The summed E-state index contributed by atoms with van der Waals surface area (Å²) >= 11 is 1.10. The number of nitro groups is 1. The predicted octanol–water partition coefficient (Wildman–Crippen LogP) is 3.48. The molecule has 0 saturated carbocycles. The van der Waals surface area contributed by atoms with Gasteiger partial charge in [0.15, 0.2) is 4.80 Å². The second kappa shape index (κ2) is 11.3. The van der Waals surface area contributed by atoms with Gasteiger partial charge in [0.05, 0.1) is 26.6 Å². The highest BCUT2D eigenvalue weighted by atomic mass is 32.2. The van der Waals surface area contributed by atoms with Crippen LogP contribution in [0.5, 0.6) is 0 Å². The average molecular weight is 547 g/mol. The molecule has 1 aliphatic heterocycles. The number of nitrogens with zero attached hydrogens (tertiary/aromatic N) is 4. The van der Waals surface area contributed by atoms with Crippen LogP contribution in [0.25, 0.3) is 10.2 Å². The minimum atomic E-state index is -3.66. The van der Waals surface area contributed by atoms with Crippen LogP contribution in [0.2, 0.25) is 0 Å². The SMILES string of the molecule is CCOC(=O)Cn1c(=NC(=O)c2ccc(S(=O)(=O)N3CCCCCC3)cc2)sc2ccc([N+](=O)[O-])cc21. The van der Waals surface area contributed by atoms with Crippen LogP contribution in [-0.2, 0) is 26.1 Å². The van der Waals surface area contributed by atoms with E-state index in [1.807, 2.05) is 0 Å². The van der Waals surface area contributed by atoms with Crippen molar-refractivity contribution >= 4 is 49.1 Å². The smallest absolute Gasteiger partial charge is 0.326 e. The minimum Gasteiger partial charge on any atom is -0.465 e. The molecule has 2 heterocycles. The molecule has 4 rings (SSSR count). The number of thiazole rings is 1. The Morgan fingerprint density at radius 1 is 1.08 bits per heavy atom. The first kappa shape index (κ1) is 26.6. The van der Waals surface area contributed by atoms with Crippen LogP contribution in [0.15, 0.2) is 52.4 Å². The summed E-state index contributed by atoms with van der Waals surface area (Å²) in [4.78, 5) is 40.3. The molecule has 0 N–H and O–H groups in total. The molecule has 0 radical (unpaired) electrons. The van der Waals surface area contributed by atoms with Crippen LogP contribution in [0.1, 0.15) is 43.0 Å². The first-order valence-electron chi connectivity index (χ1n) is 11.8. The van der Waals surface area contributed by atoms with Gasteiger partial charge >= 0.3 is 5.97 Å². The molecule has 0 aliphatic carbocycles. The molecule has 0 unspecified atom stereocenters. The molecule has 1 aromatic heterocycles. The molecule has 3 aromatic rings. The maximum Gasteiger partial charge on any atom is 0.326 e. The Hall–Kier alpha value is -3.42. The van der Waals surface area contributed by atoms with Gasteiger partial charge in [0, 0.05) is 30.8 Å². The van der Waals surface area contributed by atoms with E-state index in [0.29, 0.717) is 23.3 Å². The third-order valence-electron chi connectivity index (χ3n) is 5.97. The van der Waals surface area contributed by atoms with E-state index in [9.17, 15) is 28.1 Å². The Bertz CT molecular complexity index is 1500. The van der Waals surface area contributed by atoms with Crippen molar-refractivity contribution in [2.24, 2.45) is 4.99 Å². The molecule has 0 atom stereocenters. The second-order valence-corrected chi connectivity index (χ2v) is 11.4. The first-order chi connectivity index (χ1) is 17.7. The third kappa shape index (κ3) is 5.95. The first-order valence-corrected chi connectivity index (χ1v) is 14.1. The molecule has 1 amide bonds. The zero-order valence-electron chi connectivity index (χ0n) is 20.2. The monoisotopic (exact) mass is 546 g/mol. The van der Waals surface area contributed by atoms with Crippen LogP contribution in [0.4, 0.5) is 5.69 Å². The molecule has 0 spiro atoms. The van der Waals surface area contributed by atoms with Gasteiger partial charge in [-0.2, -0.15) is 9.30 Å². The fourth-order valence-electron chi connectivity index (χ4n) is 4.10. The maximum absolute atomic E-state index is 13.0. The summed E-state index contributed by atoms with van der Waals surface area (Å²) in [6.07, 6.45) is 3.64. The Kier molecular flexibility index (Phi) is 8.15. The number of carbonyl (C=O) groups excluding carboxylic acids is 2. The van der Waals surface area contributed by atoms with Crippen molar-refractivity contribution in [3.8, 4) is 0 Å². The fourth-order valence-corrected chi connectivity index (χ4v) is 6.62. The molecule has 11 nitrogen and oxygen atoms in total. The van der Waals surface area contributed by atoms with Crippen molar-refractivity contribution < 1.29 is 27.7 Å². The summed E-state index contributed by atoms with van der Waals surface area (Å²) in [6.45, 7) is 2.48. The zero-order chi connectivity index (χ0) is 26.6. The van der Waals surface area contributed by atoms with Crippen LogP contribution >= 0.6 is 11.3 Å². The van der Waals surface area contributed by atoms with Gasteiger partial charge < -0.3 is 9.30 Å². The fraction of sp³-hybridized carbons (Fsp3) is 0.375. The van der Waals surface area contributed by atoms with E-state index in [1.165, 1.54) is 51.3 Å². The number of hydrogen-bond donors (Lipinski definition) is 0. The third-order valence-corrected chi connectivity index (χ3v) is 8.94. The summed E-state index contributed by atoms with van der Waals surface area (Å²) in [6, 6.07) is 9.79. The van der Waals surface area contributed by atoms with Crippen molar-refractivity contribution in [2.75, 3.05) is 19.7 Å². The number of fused-ring (bicyclic) bond motifs is 1. The van der Waals surface area contributed by atoms with E-state index < -0.39 is 26.8 Å². The number of esters is 1. The van der Waals surface area contributed by atoms with E-state index in [4.69, 9.17) is 4.74 Å². The summed E-state index contributed by atoms with van der Waals surface area (Å²) in [5.74, 6) is -1.22. The van der Waals surface area contributed by atoms with Crippen molar-refractivity contribution in [3.63, 3.8) is 0 Å². The highest BCUT2D eigenvalue weighted by molar-refractivity contribution is 7.89. The zero-order valence-corrected chi connectivity index (χ0v) is 21.8. The number of aromatic nitrogens is 1. The highest BCUT2D eigenvalue weighted by Gasteiger charge is 2.25. The Labute approximate surface area is 217 Å². The van der Waals surface area contributed by atoms with Crippen LogP contribution in [0, 0.1) is 10.1 Å². The van der Waals surface area contributed by atoms with Gasteiger partial charge in [-0.3, -0.25) is 19.7 Å². The van der Waals surface area contributed by atoms with Gasteiger partial charge in [0.2, 0.25) is 10.0 Å². The van der Waals surface area contributed by atoms with Gasteiger partial charge in [0.1, 0.15) is 6.54 Å². The van der Waals surface area contributed by atoms with Gasteiger partial charge in [-0.1, -0.05) is 24.2 Å². The van der Waals surface area contributed by atoms with Gasteiger partial charge in [-0.05, 0) is 50.1 Å². The van der Waals surface area contributed by atoms with Crippen molar-refractivity contribution in [1.82, 2.24) is 8.87 Å². The molecular formula is C24H26N4O7S2. The lowest BCUT2D eigenvalue weighted by molar-refractivity contribution is -0.384. The lowest BCUT2D eigenvalue weighted by Gasteiger charge is -2.19. The van der Waals surface area contributed by atoms with Gasteiger partial charge in [-0.25, -0.2) is 8.42 Å². The summed E-state index contributed by atoms with van der Waals surface area (Å²) in [5, 5.41) is 11.3. The van der Waals surface area contributed by atoms with Crippen molar-refractivity contribution in [3.05, 3.63) is 62.9 Å². The molecule has 13 heteroatoms. The number of sulfonamides is 1. The summed E-state index contributed by atoms with van der Waals surface area (Å²) in [7, 11) is -3.66. The number of ether oxygens (including phenoxy) is 1. The quantitative estimate of drug-likeness (QED) is 0.251. The van der Waals surface area contributed by atoms with Crippen LogP contribution in [0.3, 0.4) is 0 Å². The molecule has 2 aromatic carbocycles. The molecule has 196 valence electrons. The number of amides is 1. The number of hydrogen-bond acceptors (Lipinski definition) is 8. The number of nitro benzene ring substituents is 1. The topological polar surface area (TPSA) is 141 Å². The number of non-ortho nitro benzene ring substituents is 1. The molecular weight excluding hydrogens is 520 g/mol. The number of carbonyl (C=O) groups is 2. The lowest BCUT2D eigenvalue weighted by Crippen LogP contribution is -2.31. The Morgan fingerprint density at radius 2 is 1.76 bits per heavy atom. The van der Waals surface area contributed by atoms with Crippen molar-refractivity contribution in [1.29, 1.82) is 0 Å². The summed E-state index contributed by atoms with van der Waals surface area (Å²) in [5.41, 5.74) is 0.376. The predicted molar refractivity (Wildman–Crippen MR) is 137 cm³/mol. The standard InChI is InChI=1S/C24H26N4O7S2/c1-2-35-22(29)16-27-20-15-18(28(31)32)9-12-21(20)36-24(27)25-23(30)17-7-10-19(11-8-17)37(33,34)26-13-5-3-4-6-14-26/h7-12,15H,2-6,13-14,16H2,1H3. The largest absolute Gasteiger partial charge is 0.465 e. The molecule has 0 bridgehead atoms.